The van der Waals surface area contributed by atoms with Gasteiger partial charge in [-0.3, -0.25) is 4.79 Å². The average Bonchev–Trinajstić information content (AvgIpc) is 2.92. The molecule has 1 fully saturated rings. The van der Waals surface area contributed by atoms with Gasteiger partial charge in [0.1, 0.15) is 0 Å². The summed E-state index contributed by atoms with van der Waals surface area (Å²) in [4.78, 5) is 12.0. The number of benzene rings is 1. The zero-order valence-electron chi connectivity index (χ0n) is 14.4. The molecule has 0 spiro atoms. The summed E-state index contributed by atoms with van der Waals surface area (Å²) in [5.41, 5.74) is 1.53. The first-order valence-electron chi connectivity index (χ1n) is 8.02. The number of halogens is 1. The molecule has 142 valence electrons. The van der Waals surface area contributed by atoms with Gasteiger partial charge in [-0.15, -0.1) is 12.4 Å². The van der Waals surface area contributed by atoms with E-state index in [0.29, 0.717) is 25.2 Å². The summed E-state index contributed by atoms with van der Waals surface area (Å²) in [6.45, 7) is 5.19. The van der Waals surface area contributed by atoms with E-state index >= 15 is 0 Å². The lowest BCUT2D eigenvalue weighted by atomic mass is 10.1. The van der Waals surface area contributed by atoms with Crippen molar-refractivity contribution in [2.24, 2.45) is 5.92 Å². The van der Waals surface area contributed by atoms with Crippen LogP contribution in [0.15, 0.2) is 23.1 Å². The molecule has 1 aromatic carbocycles. The molecule has 1 saturated heterocycles. The van der Waals surface area contributed by atoms with E-state index < -0.39 is 16.1 Å². The Morgan fingerprint density at radius 2 is 2.04 bits per heavy atom. The number of carbonyl (C=O) groups is 1. The molecular formula is C16H26ClN3O4S. The largest absolute Gasteiger partial charge is 0.391 e. The van der Waals surface area contributed by atoms with Gasteiger partial charge in [-0.05, 0) is 31.0 Å². The van der Waals surface area contributed by atoms with E-state index in [1.807, 2.05) is 13.0 Å². The molecule has 1 heterocycles. The number of hydrogen-bond donors (Lipinski definition) is 4. The first-order chi connectivity index (χ1) is 11.3. The second-order valence-corrected chi connectivity index (χ2v) is 7.94. The van der Waals surface area contributed by atoms with Crippen LogP contribution in [0, 0.1) is 19.8 Å². The summed E-state index contributed by atoms with van der Waals surface area (Å²) in [5.74, 6) is -0.238. The second-order valence-electron chi connectivity index (χ2n) is 6.21. The second kappa shape index (κ2) is 9.49. The number of carbonyl (C=O) groups excluding carboxylic acids is 1. The van der Waals surface area contributed by atoms with Gasteiger partial charge in [0, 0.05) is 38.5 Å². The van der Waals surface area contributed by atoms with E-state index in [1.54, 1.807) is 19.1 Å². The normalized spacial score (nSPS) is 20.1. The van der Waals surface area contributed by atoms with Gasteiger partial charge < -0.3 is 15.7 Å². The third-order valence-electron chi connectivity index (χ3n) is 4.14. The van der Waals surface area contributed by atoms with Crippen LogP contribution in [0.5, 0.6) is 0 Å². The maximum Gasteiger partial charge on any atom is 0.240 e. The molecule has 0 saturated carbocycles. The molecule has 0 aliphatic carbocycles. The first-order valence-corrected chi connectivity index (χ1v) is 9.50. The van der Waals surface area contributed by atoms with Crippen LogP contribution >= 0.6 is 12.4 Å². The van der Waals surface area contributed by atoms with Gasteiger partial charge in [0.05, 0.1) is 11.0 Å². The highest BCUT2D eigenvalue weighted by atomic mass is 35.5. The molecule has 4 N–H and O–H groups in total. The van der Waals surface area contributed by atoms with Gasteiger partial charge in [-0.25, -0.2) is 13.1 Å². The van der Waals surface area contributed by atoms with Crippen molar-refractivity contribution in [1.29, 1.82) is 0 Å². The Bertz CT molecular complexity index is 697. The number of amides is 1. The van der Waals surface area contributed by atoms with Crippen molar-refractivity contribution in [3.8, 4) is 0 Å². The fraction of sp³-hybridized carbons (Fsp3) is 0.562. The predicted molar refractivity (Wildman–Crippen MR) is 98.3 cm³/mol. The number of aliphatic hydroxyl groups excluding tert-OH is 1. The third-order valence-corrected chi connectivity index (χ3v) is 5.75. The molecule has 1 aromatic rings. The van der Waals surface area contributed by atoms with E-state index in [1.165, 1.54) is 0 Å². The molecule has 1 aliphatic rings. The Kier molecular flexibility index (Phi) is 8.30. The summed E-state index contributed by atoms with van der Waals surface area (Å²) >= 11 is 0. The number of aryl methyl sites for hydroxylation is 2. The van der Waals surface area contributed by atoms with Crippen LogP contribution in [0.2, 0.25) is 0 Å². The molecule has 1 amide bonds. The molecule has 2 rings (SSSR count). The van der Waals surface area contributed by atoms with Crippen LogP contribution in [0.25, 0.3) is 0 Å². The van der Waals surface area contributed by atoms with Crippen molar-refractivity contribution >= 4 is 28.3 Å². The Labute approximate surface area is 155 Å². The quantitative estimate of drug-likeness (QED) is 0.527. The van der Waals surface area contributed by atoms with Crippen molar-refractivity contribution in [2.75, 3.05) is 26.2 Å². The SMILES string of the molecule is Cc1ccc(C)c(S(=O)(=O)NCCC(=O)NCC2CNCC2O)c1.Cl. The van der Waals surface area contributed by atoms with Crippen LogP contribution in [0.4, 0.5) is 0 Å². The fourth-order valence-corrected chi connectivity index (χ4v) is 3.99. The molecule has 2 atom stereocenters. The zero-order valence-corrected chi connectivity index (χ0v) is 16.0. The van der Waals surface area contributed by atoms with Crippen molar-refractivity contribution in [3.63, 3.8) is 0 Å². The number of rotatable bonds is 7. The lowest BCUT2D eigenvalue weighted by Gasteiger charge is -2.14. The Balaban J connectivity index is 0.00000312. The van der Waals surface area contributed by atoms with E-state index in [4.69, 9.17) is 0 Å². The summed E-state index contributed by atoms with van der Waals surface area (Å²) in [6, 6.07) is 5.23. The molecule has 2 unspecified atom stereocenters. The first kappa shape index (κ1) is 21.9. The topological polar surface area (TPSA) is 108 Å². The minimum absolute atomic E-state index is 0. The monoisotopic (exact) mass is 391 g/mol. The van der Waals surface area contributed by atoms with Crippen LogP contribution in [0.3, 0.4) is 0 Å². The maximum atomic E-state index is 12.3. The van der Waals surface area contributed by atoms with Crippen molar-refractivity contribution in [3.05, 3.63) is 29.3 Å². The van der Waals surface area contributed by atoms with E-state index in [-0.39, 0.29) is 42.1 Å². The van der Waals surface area contributed by atoms with Crippen LogP contribution in [-0.2, 0) is 14.8 Å². The highest BCUT2D eigenvalue weighted by Gasteiger charge is 2.25. The molecule has 1 aliphatic heterocycles. The Morgan fingerprint density at radius 1 is 1.32 bits per heavy atom. The summed E-state index contributed by atoms with van der Waals surface area (Å²) < 4.78 is 27.1. The number of nitrogens with one attached hydrogen (secondary N) is 3. The maximum absolute atomic E-state index is 12.3. The van der Waals surface area contributed by atoms with Crippen molar-refractivity contribution in [1.82, 2.24) is 15.4 Å². The number of β-amino-alcohol motifs (C(OH)–C–C–N with tert-alkyl or cyclic N) is 1. The summed E-state index contributed by atoms with van der Waals surface area (Å²) in [5, 5.41) is 15.4. The number of hydrogen-bond acceptors (Lipinski definition) is 5. The lowest BCUT2D eigenvalue weighted by Crippen LogP contribution is -2.36. The minimum Gasteiger partial charge on any atom is -0.391 e. The standard InChI is InChI=1S/C16H25N3O4S.ClH/c1-11-3-4-12(2)15(7-11)24(22,23)19-6-5-16(21)18-9-13-8-17-10-14(13)20;/h3-4,7,13-14,17,19-20H,5-6,8-10H2,1-2H3,(H,18,21);1H. The third kappa shape index (κ3) is 6.23. The van der Waals surface area contributed by atoms with E-state index in [9.17, 15) is 18.3 Å². The van der Waals surface area contributed by atoms with Gasteiger partial charge in [0.25, 0.3) is 0 Å². The molecular weight excluding hydrogens is 366 g/mol. The number of aliphatic hydroxyl groups is 1. The molecule has 9 heteroatoms. The lowest BCUT2D eigenvalue weighted by molar-refractivity contribution is -0.121. The highest BCUT2D eigenvalue weighted by Crippen LogP contribution is 2.16. The van der Waals surface area contributed by atoms with Gasteiger partial charge in [-0.1, -0.05) is 12.1 Å². The summed E-state index contributed by atoms with van der Waals surface area (Å²) in [7, 11) is -3.63. The van der Waals surface area contributed by atoms with Gasteiger partial charge >= 0.3 is 0 Å². The van der Waals surface area contributed by atoms with Crippen molar-refractivity contribution < 1.29 is 18.3 Å². The summed E-state index contributed by atoms with van der Waals surface area (Å²) in [6.07, 6.45) is -0.395. The van der Waals surface area contributed by atoms with E-state index in [0.717, 1.165) is 5.56 Å². The molecule has 0 radical (unpaired) electrons. The average molecular weight is 392 g/mol. The molecule has 0 aromatic heterocycles. The molecule has 7 nitrogen and oxygen atoms in total. The van der Waals surface area contributed by atoms with E-state index in [2.05, 4.69) is 15.4 Å². The van der Waals surface area contributed by atoms with Gasteiger partial charge in [-0.2, -0.15) is 0 Å². The zero-order chi connectivity index (χ0) is 17.7. The smallest absolute Gasteiger partial charge is 0.240 e. The van der Waals surface area contributed by atoms with Gasteiger partial charge in [0.2, 0.25) is 15.9 Å². The van der Waals surface area contributed by atoms with Crippen molar-refractivity contribution in [2.45, 2.75) is 31.3 Å². The minimum atomic E-state index is -3.63. The van der Waals surface area contributed by atoms with Gasteiger partial charge in [0.15, 0.2) is 0 Å². The Morgan fingerprint density at radius 3 is 2.68 bits per heavy atom. The molecule has 25 heavy (non-hydrogen) atoms. The fourth-order valence-electron chi connectivity index (χ4n) is 2.63. The predicted octanol–water partition coefficient (Wildman–Crippen LogP) is 0.0901. The van der Waals surface area contributed by atoms with Crippen LogP contribution < -0.4 is 15.4 Å². The molecule has 0 bridgehead atoms. The van der Waals surface area contributed by atoms with Crippen LogP contribution in [-0.4, -0.2) is 51.7 Å². The highest BCUT2D eigenvalue weighted by molar-refractivity contribution is 7.89. The number of sulfonamides is 1. The van der Waals surface area contributed by atoms with Crippen LogP contribution in [0.1, 0.15) is 17.5 Å². The Hall–Kier alpha value is -1.19.